The zero-order valence-corrected chi connectivity index (χ0v) is 23.4. The number of nitrogen functional groups attached to an aromatic ring is 1. The molecule has 0 spiro atoms. The van der Waals surface area contributed by atoms with Crippen LogP contribution in [0.2, 0.25) is 0 Å². The summed E-state index contributed by atoms with van der Waals surface area (Å²) in [5.74, 6) is 7.44. The highest BCUT2D eigenvalue weighted by atomic mass is 32.1. The lowest BCUT2D eigenvalue weighted by Gasteiger charge is -2.27. The van der Waals surface area contributed by atoms with Gasteiger partial charge in [0, 0.05) is 35.1 Å². The average molecular weight is 550 g/mol. The number of thiophene rings is 1. The molecule has 1 saturated carbocycles. The molecule has 5 aromatic rings. The normalized spacial score (nSPS) is 14.6. The Kier molecular flexibility index (Phi) is 6.70. The number of nitrogens with one attached hydrogen (secondary N) is 1. The predicted octanol–water partition coefficient (Wildman–Crippen LogP) is 6.31. The number of benzene rings is 2. The highest BCUT2D eigenvalue weighted by Crippen LogP contribution is 2.41. The SMILES string of the molecule is COc1cc(-c2csc3c(C#CC4(N)CCCCC4)cnc(N)c23)ccc1NC(=O)c1cc2ccccc2n1C. The van der Waals surface area contributed by atoms with Gasteiger partial charge >= 0.3 is 0 Å². The minimum absolute atomic E-state index is 0.210. The summed E-state index contributed by atoms with van der Waals surface area (Å²) in [6.45, 7) is 0. The molecule has 0 atom stereocenters. The first kappa shape index (κ1) is 25.9. The molecule has 7 nitrogen and oxygen atoms in total. The number of carbonyl (C=O) groups is 1. The lowest BCUT2D eigenvalue weighted by Crippen LogP contribution is -2.40. The van der Waals surface area contributed by atoms with Crippen LogP contribution >= 0.6 is 11.3 Å². The molecular weight excluding hydrogens is 518 g/mol. The second kappa shape index (κ2) is 10.3. The predicted molar refractivity (Wildman–Crippen MR) is 164 cm³/mol. The summed E-state index contributed by atoms with van der Waals surface area (Å²) in [4.78, 5) is 17.7. The van der Waals surface area contributed by atoms with Crippen LogP contribution in [0.15, 0.2) is 60.1 Å². The summed E-state index contributed by atoms with van der Waals surface area (Å²) in [6.07, 6.45) is 7.03. The van der Waals surface area contributed by atoms with Crippen molar-refractivity contribution < 1.29 is 9.53 Å². The molecule has 0 bridgehead atoms. The van der Waals surface area contributed by atoms with Gasteiger partial charge in [0.2, 0.25) is 0 Å². The highest BCUT2D eigenvalue weighted by molar-refractivity contribution is 7.18. The van der Waals surface area contributed by atoms with Gasteiger partial charge in [0.15, 0.2) is 0 Å². The second-order valence-corrected chi connectivity index (χ2v) is 11.3. The number of nitrogens with zero attached hydrogens (tertiary/aromatic N) is 2. The fourth-order valence-electron chi connectivity index (χ4n) is 5.52. The number of pyridine rings is 1. The van der Waals surface area contributed by atoms with Crippen LogP contribution in [0, 0.1) is 11.8 Å². The number of nitrogens with two attached hydrogens (primary N) is 2. The quantitative estimate of drug-likeness (QED) is 0.228. The van der Waals surface area contributed by atoms with Crippen molar-refractivity contribution in [2.24, 2.45) is 12.8 Å². The lowest BCUT2D eigenvalue weighted by molar-refractivity contribution is 0.101. The van der Waals surface area contributed by atoms with Gasteiger partial charge in [0.25, 0.3) is 5.91 Å². The van der Waals surface area contributed by atoms with Crippen LogP contribution < -0.4 is 21.5 Å². The van der Waals surface area contributed by atoms with Crippen molar-refractivity contribution in [3.63, 3.8) is 0 Å². The number of carbonyl (C=O) groups excluding carboxylic acids is 1. The molecule has 40 heavy (non-hydrogen) atoms. The van der Waals surface area contributed by atoms with E-state index in [-0.39, 0.29) is 5.91 Å². The molecule has 1 aliphatic carbocycles. The minimum Gasteiger partial charge on any atom is -0.495 e. The number of para-hydroxylation sites is 1. The van der Waals surface area contributed by atoms with Crippen molar-refractivity contribution >= 4 is 49.7 Å². The number of amides is 1. The number of hydrogen-bond donors (Lipinski definition) is 3. The van der Waals surface area contributed by atoms with Crippen LogP contribution in [-0.4, -0.2) is 28.1 Å². The molecule has 202 valence electrons. The zero-order chi connectivity index (χ0) is 27.9. The molecule has 1 fully saturated rings. The van der Waals surface area contributed by atoms with Crippen LogP contribution in [-0.2, 0) is 7.05 Å². The van der Waals surface area contributed by atoms with E-state index in [9.17, 15) is 4.79 Å². The molecule has 2 aromatic carbocycles. The van der Waals surface area contributed by atoms with Gasteiger partial charge in [0.1, 0.15) is 17.3 Å². The van der Waals surface area contributed by atoms with E-state index in [0.29, 0.717) is 22.9 Å². The molecule has 0 saturated heterocycles. The van der Waals surface area contributed by atoms with E-state index in [1.165, 1.54) is 6.42 Å². The Bertz CT molecular complexity index is 1820. The summed E-state index contributed by atoms with van der Waals surface area (Å²) in [6, 6.07) is 15.5. The molecule has 1 amide bonds. The molecule has 0 aliphatic heterocycles. The maximum Gasteiger partial charge on any atom is 0.272 e. The summed E-state index contributed by atoms with van der Waals surface area (Å²) in [7, 11) is 3.48. The molecule has 0 radical (unpaired) electrons. The van der Waals surface area contributed by atoms with E-state index in [1.54, 1.807) is 24.6 Å². The maximum absolute atomic E-state index is 13.2. The minimum atomic E-state index is -0.439. The van der Waals surface area contributed by atoms with Crippen LogP contribution in [0.4, 0.5) is 11.5 Å². The monoisotopic (exact) mass is 549 g/mol. The first-order valence-corrected chi connectivity index (χ1v) is 14.3. The van der Waals surface area contributed by atoms with Gasteiger partial charge in [-0.15, -0.1) is 11.3 Å². The third-order valence-corrected chi connectivity index (χ3v) is 8.77. The van der Waals surface area contributed by atoms with E-state index in [1.807, 2.05) is 60.1 Å². The van der Waals surface area contributed by atoms with E-state index >= 15 is 0 Å². The number of aromatic nitrogens is 2. The van der Waals surface area contributed by atoms with Crippen LogP contribution in [0.25, 0.3) is 32.1 Å². The molecule has 3 heterocycles. The van der Waals surface area contributed by atoms with E-state index in [0.717, 1.165) is 63.4 Å². The first-order valence-electron chi connectivity index (χ1n) is 13.4. The third-order valence-electron chi connectivity index (χ3n) is 7.76. The van der Waals surface area contributed by atoms with E-state index in [4.69, 9.17) is 16.2 Å². The van der Waals surface area contributed by atoms with Crippen molar-refractivity contribution in [2.75, 3.05) is 18.2 Å². The van der Waals surface area contributed by atoms with Crippen molar-refractivity contribution in [1.82, 2.24) is 9.55 Å². The number of methoxy groups -OCH3 is 1. The van der Waals surface area contributed by atoms with Crippen LogP contribution in [0.3, 0.4) is 0 Å². The standard InChI is InChI=1S/C32H31N5O2S/c1-37-25-9-5-4-8-21(25)16-26(37)31(38)36-24-11-10-20(17-27(24)39-2)23-19-40-29-22(18-35-30(33)28(23)29)12-15-32(34)13-6-3-7-14-32/h4-5,8-11,16-19H,3,6-7,13-14,34H2,1-2H3,(H2,33,35)(H,36,38). The van der Waals surface area contributed by atoms with Gasteiger partial charge in [-0.3, -0.25) is 4.79 Å². The van der Waals surface area contributed by atoms with Crippen LogP contribution in [0.5, 0.6) is 5.75 Å². The second-order valence-electron chi connectivity index (χ2n) is 10.4. The molecule has 3 aromatic heterocycles. The smallest absolute Gasteiger partial charge is 0.272 e. The summed E-state index contributed by atoms with van der Waals surface area (Å²) in [5, 5.41) is 6.95. The van der Waals surface area contributed by atoms with Crippen molar-refractivity contribution in [3.05, 3.63) is 71.4 Å². The molecule has 6 rings (SSSR count). The van der Waals surface area contributed by atoms with Gasteiger partial charge in [-0.25, -0.2) is 4.98 Å². The summed E-state index contributed by atoms with van der Waals surface area (Å²) < 4.78 is 8.57. The summed E-state index contributed by atoms with van der Waals surface area (Å²) >= 11 is 1.59. The Morgan fingerprint density at radius 2 is 1.95 bits per heavy atom. The number of fused-ring (bicyclic) bond motifs is 2. The fourth-order valence-corrected chi connectivity index (χ4v) is 6.58. The maximum atomic E-state index is 13.2. The Morgan fingerprint density at radius 1 is 1.15 bits per heavy atom. The van der Waals surface area contributed by atoms with Gasteiger partial charge in [0.05, 0.1) is 28.6 Å². The fraction of sp³-hybridized carbons (Fsp3) is 0.250. The van der Waals surface area contributed by atoms with Gasteiger partial charge in [-0.1, -0.05) is 55.4 Å². The number of hydrogen-bond acceptors (Lipinski definition) is 6. The Morgan fingerprint density at radius 3 is 2.73 bits per heavy atom. The summed E-state index contributed by atoms with van der Waals surface area (Å²) in [5.41, 5.74) is 17.3. The molecule has 1 aliphatic rings. The van der Waals surface area contributed by atoms with E-state index in [2.05, 4.69) is 27.5 Å². The molecular formula is C32H31N5O2S. The largest absolute Gasteiger partial charge is 0.495 e. The lowest BCUT2D eigenvalue weighted by atomic mass is 9.83. The zero-order valence-electron chi connectivity index (χ0n) is 22.6. The Hall–Kier alpha value is -4.32. The topological polar surface area (TPSA) is 108 Å². The molecule has 0 unspecified atom stereocenters. The van der Waals surface area contributed by atoms with Crippen molar-refractivity contribution in [2.45, 2.75) is 37.6 Å². The van der Waals surface area contributed by atoms with Gasteiger partial charge < -0.3 is 26.1 Å². The number of anilines is 2. The first-order chi connectivity index (χ1) is 19.4. The highest BCUT2D eigenvalue weighted by Gasteiger charge is 2.25. The third kappa shape index (κ3) is 4.68. The van der Waals surface area contributed by atoms with Crippen molar-refractivity contribution in [3.8, 4) is 28.7 Å². The van der Waals surface area contributed by atoms with Gasteiger partial charge in [-0.2, -0.15) is 0 Å². The number of aryl methyl sites for hydroxylation is 1. The van der Waals surface area contributed by atoms with Crippen LogP contribution in [0.1, 0.15) is 48.2 Å². The number of rotatable bonds is 4. The van der Waals surface area contributed by atoms with Gasteiger partial charge in [-0.05, 0) is 48.1 Å². The van der Waals surface area contributed by atoms with E-state index < -0.39 is 5.54 Å². The molecule has 8 heteroatoms. The Balaban J connectivity index is 1.32. The molecule has 5 N–H and O–H groups in total. The average Bonchev–Trinajstić information content (AvgIpc) is 3.56. The van der Waals surface area contributed by atoms with Crippen molar-refractivity contribution in [1.29, 1.82) is 0 Å². The number of ether oxygens (including phenoxy) is 1. The Labute approximate surface area is 237 Å².